The quantitative estimate of drug-likeness (QED) is 0.661. The van der Waals surface area contributed by atoms with Crippen molar-refractivity contribution in [1.29, 1.82) is 0 Å². The summed E-state index contributed by atoms with van der Waals surface area (Å²) in [5.41, 5.74) is 7.51. The summed E-state index contributed by atoms with van der Waals surface area (Å²) in [6.07, 6.45) is 7.46. The molecular weight excluding hydrogens is 286 g/mol. The Kier molecular flexibility index (Phi) is 5.11. The molecule has 118 valence electrons. The van der Waals surface area contributed by atoms with E-state index in [2.05, 4.69) is 9.62 Å². The molecule has 2 rings (SSSR count). The van der Waals surface area contributed by atoms with E-state index in [4.69, 9.17) is 5.73 Å². The fraction of sp³-hybridized carbons (Fsp3) is 0.600. The molecule has 0 saturated heterocycles. The highest BCUT2D eigenvalue weighted by molar-refractivity contribution is 7.89. The molecule has 0 amide bonds. The molecule has 0 aromatic heterocycles. The summed E-state index contributed by atoms with van der Waals surface area (Å²) >= 11 is 0. The van der Waals surface area contributed by atoms with Crippen LogP contribution in [-0.2, 0) is 10.0 Å². The predicted molar refractivity (Wildman–Crippen MR) is 87.0 cm³/mol. The molecule has 1 saturated carbocycles. The van der Waals surface area contributed by atoms with Gasteiger partial charge in [-0.2, -0.15) is 0 Å². The Hall–Kier alpha value is -1.27. The van der Waals surface area contributed by atoms with Gasteiger partial charge in [0.25, 0.3) is 0 Å². The van der Waals surface area contributed by atoms with Crippen LogP contribution in [0.4, 0.5) is 11.4 Å². The van der Waals surface area contributed by atoms with Gasteiger partial charge in [0.15, 0.2) is 0 Å². The van der Waals surface area contributed by atoms with E-state index in [1.807, 2.05) is 13.1 Å². The molecule has 0 spiro atoms. The number of rotatable bonds is 4. The van der Waals surface area contributed by atoms with Gasteiger partial charge in [0.2, 0.25) is 10.0 Å². The van der Waals surface area contributed by atoms with Crippen LogP contribution >= 0.6 is 0 Å². The van der Waals surface area contributed by atoms with Crippen molar-refractivity contribution in [2.45, 2.75) is 49.5 Å². The Morgan fingerprint density at radius 2 is 1.81 bits per heavy atom. The summed E-state index contributed by atoms with van der Waals surface area (Å²) in [7, 11) is 0.00705. The summed E-state index contributed by atoms with van der Waals surface area (Å²) in [5, 5.41) is 0. The van der Waals surface area contributed by atoms with Crippen LogP contribution in [0.15, 0.2) is 23.1 Å². The second kappa shape index (κ2) is 6.66. The van der Waals surface area contributed by atoms with Crippen LogP contribution in [0, 0.1) is 0 Å². The lowest BCUT2D eigenvalue weighted by molar-refractivity contribution is 0.553. The lowest BCUT2D eigenvalue weighted by atomic mass is 10.1. The third-order valence-electron chi connectivity index (χ3n) is 4.33. The van der Waals surface area contributed by atoms with E-state index >= 15 is 0 Å². The Labute approximate surface area is 127 Å². The molecule has 6 heteroatoms. The molecule has 3 N–H and O–H groups in total. The molecule has 0 heterocycles. The van der Waals surface area contributed by atoms with Gasteiger partial charge in [-0.15, -0.1) is 0 Å². The highest BCUT2D eigenvalue weighted by Crippen LogP contribution is 2.30. The first-order valence-corrected chi connectivity index (χ1v) is 9.00. The number of nitrogens with one attached hydrogen (secondary N) is 1. The smallest absolute Gasteiger partial charge is 0.240 e. The van der Waals surface area contributed by atoms with Crippen molar-refractivity contribution < 1.29 is 8.42 Å². The molecular formula is C15H25N3O2S. The third-order valence-corrected chi connectivity index (χ3v) is 5.74. The van der Waals surface area contributed by atoms with Crippen LogP contribution in [0.3, 0.4) is 0 Å². The largest absolute Gasteiger partial charge is 0.397 e. The zero-order valence-corrected chi connectivity index (χ0v) is 13.6. The topological polar surface area (TPSA) is 75.4 Å². The molecule has 1 aliphatic rings. The molecule has 0 atom stereocenters. The number of sulfonamides is 1. The van der Waals surface area contributed by atoms with Gasteiger partial charge in [0.05, 0.1) is 16.3 Å². The van der Waals surface area contributed by atoms with Crippen LogP contribution in [-0.4, -0.2) is 28.6 Å². The van der Waals surface area contributed by atoms with Crippen LogP contribution < -0.4 is 15.4 Å². The zero-order valence-electron chi connectivity index (χ0n) is 12.8. The summed E-state index contributed by atoms with van der Waals surface area (Å²) in [4.78, 5) is 2.41. The lowest BCUT2D eigenvalue weighted by Gasteiger charge is -2.30. The second-order valence-corrected chi connectivity index (χ2v) is 7.57. The van der Waals surface area contributed by atoms with Crippen molar-refractivity contribution in [3.8, 4) is 0 Å². The number of nitrogen functional groups attached to an aromatic ring is 1. The first-order chi connectivity index (χ1) is 9.95. The fourth-order valence-corrected chi connectivity index (χ4v) is 3.75. The SMILES string of the molecule is CNS(=O)(=O)c1ccc(N(C)C2CCCCCC2)c(N)c1. The van der Waals surface area contributed by atoms with Crippen molar-refractivity contribution in [3.63, 3.8) is 0 Å². The van der Waals surface area contributed by atoms with Crippen LogP contribution in [0.2, 0.25) is 0 Å². The van der Waals surface area contributed by atoms with Gasteiger partial charge >= 0.3 is 0 Å². The second-order valence-electron chi connectivity index (χ2n) is 5.68. The molecule has 0 aliphatic heterocycles. The molecule has 0 radical (unpaired) electrons. The first-order valence-electron chi connectivity index (χ1n) is 7.51. The molecule has 0 bridgehead atoms. The fourth-order valence-electron chi connectivity index (χ4n) is 2.98. The van der Waals surface area contributed by atoms with E-state index in [0.29, 0.717) is 11.7 Å². The van der Waals surface area contributed by atoms with Crippen LogP contribution in [0.5, 0.6) is 0 Å². The first kappa shape index (κ1) is 16.1. The molecule has 5 nitrogen and oxygen atoms in total. The normalized spacial score (nSPS) is 17.4. The summed E-state index contributed by atoms with van der Waals surface area (Å²) in [6, 6.07) is 5.45. The molecule has 1 aliphatic carbocycles. The van der Waals surface area contributed by atoms with Gasteiger partial charge in [0, 0.05) is 13.1 Å². The predicted octanol–water partition coefficient (Wildman–Crippen LogP) is 2.34. The third kappa shape index (κ3) is 3.68. The van der Waals surface area contributed by atoms with E-state index < -0.39 is 10.0 Å². The summed E-state index contributed by atoms with van der Waals surface area (Å²) < 4.78 is 25.9. The van der Waals surface area contributed by atoms with Crippen LogP contribution in [0.1, 0.15) is 38.5 Å². The van der Waals surface area contributed by atoms with Crippen molar-refractivity contribution in [3.05, 3.63) is 18.2 Å². The Morgan fingerprint density at radius 3 is 2.33 bits per heavy atom. The average Bonchev–Trinajstić information content (AvgIpc) is 2.75. The Bertz CT molecular complexity index is 579. The van der Waals surface area contributed by atoms with E-state index in [9.17, 15) is 8.42 Å². The van der Waals surface area contributed by atoms with Crippen molar-refractivity contribution >= 4 is 21.4 Å². The van der Waals surface area contributed by atoms with E-state index in [1.54, 1.807) is 6.07 Å². The number of hydrogen-bond donors (Lipinski definition) is 2. The minimum absolute atomic E-state index is 0.209. The number of nitrogens with two attached hydrogens (primary N) is 1. The van der Waals surface area contributed by atoms with E-state index in [1.165, 1.54) is 51.6 Å². The van der Waals surface area contributed by atoms with Gasteiger partial charge in [-0.25, -0.2) is 13.1 Å². The molecule has 1 aromatic rings. The van der Waals surface area contributed by atoms with E-state index in [0.717, 1.165) is 5.69 Å². The standard InChI is InChI=1S/C15H25N3O2S/c1-17-21(19,20)13-9-10-15(14(16)11-13)18(2)12-7-5-3-4-6-8-12/h9-12,17H,3-8,16H2,1-2H3. The maximum Gasteiger partial charge on any atom is 0.240 e. The van der Waals surface area contributed by atoms with Crippen molar-refractivity contribution in [2.24, 2.45) is 0 Å². The molecule has 0 unspecified atom stereocenters. The van der Waals surface area contributed by atoms with Gasteiger partial charge in [-0.05, 0) is 38.1 Å². The number of hydrogen-bond acceptors (Lipinski definition) is 4. The highest BCUT2D eigenvalue weighted by atomic mass is 32.2. The van der Waals surface area contributed by atoms with Gasteiger partial charge < -0.3 is 10.6 Å². The minimum atomic E-state index is -3.44. The van der Waals surface area contributed by atoms with E-state index in [-0.39, 0.29) is 4.90 Å². The van der Waals surface area contributed by atoms with Crippen molar-refractivity contribution in [2.75, 3.05) is 24.7 Å². The molecule has 1 fully saturated rings. The lowest BCUT2D eigenvalue weighted by Crippen LogP contribution is -2.31. The maximum absolute atomic E-state index is 11.8. The van der Waals surface area contributed by atoms with Gasteiger partial charge in [-0.3, -0.25) is 0 Å². The maximum atomic E-state index is 11.8. The minimum Gasteiger partial charge on any atom is -0.397 e. The number of benzene rings is 1. The Balaban J connectivity index is 2.24. The highest BCUT2D eigenvalue weighted by Gasteiger charge is 2.20. The Morgan fingerprint density at radius 1 is 1.19 bits per heavy atom. The van der Waals surface area contributed by atoms with Gasteiger partial charge in [-0.1, -0.05) is 25.7 Å². The van der Waals surface area contributed by atoms with Gasteiger partial charge in [0.1, 0.15) is 0 Å². The monoisotopic (exact) mass is 311 g/mol. The summed E-state index contributed by atoms with van der Waals surface area (Å²) in [5.74, 6) is 0. The zero-order chi connectivity index (χ0) is 15.5. The van der Waals surface area contributed by atoms with Crippen LogP contribution in [0.25, 0.3) is 0 Å². The molecule has 21 heavy (non-hydrogen) atoms. The van der Waals surface area contributed by atoms with Crippen molar-refractivity contribution in [1.82, 2.24) is 4.72 Å². The number of nitrogens with zero attached hydrogens (tertiary/aromatic N) is 1. The number of anilines is 2. The summed E-state index contributed by atoms with van der Waals surface area (Å²) in [6.45, 7) is 0. The molecule has 1 aromatic carbocycles. The average molecular weight is 311 g/mol.